The van der Waals surface area contributed by atoms with Crippen LogP contribution in [0.5, 0.6) is 0 Å². The van der Waals surface area contributed by atoms with Gasteiger partial charge in [-0.2, -0.15) is 4.98 Å². The summed E-state index contributed by atoms with van der Waals surface area (Å²) in [6, 6.07) is 10.6. The summed E-state index contributed by atoms with van der Waals surface area (Å²) in [5.74, 6) is 2.12. The highest BCUT2D eigenvalue weighted by Gasteiger charge is 2.35. The largest absolute Gasteiger partial charge is 0.342 e. The van der Waals surface area contributed by atoms with E-state index >= 15 is 0 Å². The summed E-state index contributed by atoms with van der Waals surface area (Å²) in [6.45, 7) is 3.71. The molecular weight excluding hydrogens is 392 g/mol. The molecule has 0 radical (unpaired) electrons. The quantitative estimate of drug-likeness (QED) is 0.607. The van der Waals surface area contributed by atoms with Crippen molar-refractivity contribution in [2.24, 2.45) is 5.92 Å². The van der Waals surface area contributed by atoms with Gasteiger partial charge in [-0.3, -0.25) is 14.7 Å². The van der Waals surface area contributed by atoms with E-state index in [2.05, 4.69) is 55.3 Å². The molecule has 0 bridgehead atoms. The molecule has 5 rings (SSSR count). The van der Waals surface area contributed by atoms with Crippen LogP contribution in [0.2, 0.25) is 0 Å². The molecule has 0 spiro atoms. The van der Waals surface area contributed by atoms with Gasteiger partial charge in [0.05, 0.1) is 18.7 Å². The Bertz CT molecular complexity index is 995. The molecule has 8 nitrogen and oxygen atoms in total. The first-order valence-corrected chi connectivity index (χ1v) is 10.9. The van der Waals surface area contributed by atoms with Crippen LogP contribution in [0.25, 0.3) is 11.5 Å². The molecule has 0 aliphatic carbocycles. The molecule has 1 amide bonds. The van der Waals surface area contributed by atoms with E-state index in [-0.39, 0.29) is 11.8 Å². The second-order valence-electron chi connectivity index (χ2n) is 8.45. The van der Waals surface area contributed by atoms with E-state index in [9.17, 15) is 4.79 Å². The maximum atomic E-state index is 12.7. The van der Waals surface area contributed by atoms with Gasteiger partial charge < -0.3 is 9.42 Å². The lowest BCUT2D eigenvalue weighted by atomic mass is 9.90. The van der Waals surface area contributed by atoms with Crippen molar-refractivity contribution in [3.63, 3.8) is 0 Å². The van der Waals surface area contributed by atoms with Gasteiger partial charge in [-0.15, -0.1) is 0 Å². The van der Waals surface area contributed by atoms with E-state index in [4.69, 9.17) is 4.52 Å². The van der Waals surface area contributed by atoms with Gasteiger partial charge in [-0.25, -0.2) is 4.98 Å². The fraction of sp³-hybridized carbons (Fsp3) is 0.435. The third-order valence-electron chi connectivity index (χ3n) is 6.23. The van der Waals surface area contributed by atoms with Gasteiger partial charge in [0, 0.05) is 38.6 Å². The number of rotatable bonds is 6. The maximum Gasteiger partial charge on any atom is 0.236 e. The minimum atomic E-state index is 0.169. The molecule has 2 aromatic heterocycles. The molecular formula is C23H26N6O2. The zero-order chi connectivity index (χ0) is 21.0. The molecule has 2 aliphatic heterocycles. The van der Waals surface area contributed by atoms with Crippen molar-refractivity contribution in [3.05, 3.63) is 60.4 Å². The molecule has 31 heavy (non-hydrogen) atoms. The van der Waals surface area contributed by atoms with Gasteiger partial charge in [-0.05, 0) is 30.7 Å². The van der Waals surface area contributed by atoms with Crippen molar-refractivity contribution in [3.8, 4) is 11.5 Å². The molecule has 1 aromatic carbocycles. The number of hydrogen-bond donors (Lipinski definition) is 0. The van der Waals surface area contributed by atoms with Crippen LogP contribution in [0, 0.1) is 5.92 Å². The number of piperidine rings is 1. The second kappa shape index (κ2) is 8.93. The monoisotopic (exact) mass is 418 g/mol. The number of benzene rings is 1. The van der Waals surface area contributed by atoms with Gasteiger partial charge >= 0.3 is 0 Å². The number of carbonyl (C=O) groups is 1. The van der Waals surface area contributed by atoms with Gasteiger partial charge in [0.2, 0.25) is 17.6 Å². The van der Waals surface area contributed by atoms with E-state index in [1.54, 1.807) is 18.6 Å². The Kier molecular flexibility index (Phi) is 5.71. The maximum absolute atomic E-state index is 12.7. The molecule has 0 unspecified atom stereocenters. The lowest BCUT2D eigenvalue weighted by Crippen LogP contribution is -2.51. The normalized spacial score (nSPS) is 18.1. The zero-order valence-corrected chi connectivity index (χ0v) is 17.4. The van der Waals surface area contributed by atoms with Crippen LogP contribution in [-0.2, 0) is 11.2 Å². The highest BCUT2D eigenvalue weighted by molar-refractivity contribution is 5.78. The Labute approximate surface area is 181 Å². The van der Waals surface area contributed by atoms with E-state index in [1.165, 1.54) is 5.56 Å². The lowest BCUT2D eigenvalue weighted by Gasteiger charge is -2.39. The van der Waals surface area contributed by atoms with Crippen LogP contribution < -0.4 is 0 Å². The van der Waals surface area contributed by atoms with E-state index < -0.39 is 0 Å². The highest BCUT2D eigenvalue weighted by Crippen LogP contribution is 2.27. The summed E-state index contributed by atoms with van der Waals surface area (Å²) < 4.78 is 5.40. The minimum absolute atomic E-state index is 0.169. The van der Waals surface area contributed by atoms with Crippen LogP contribution in [0.3, 0.4) is 0 Å². The Balaban J connectivity index is 1.06. The van der Waals surface area contributed by atoms with Gasteiger partial charge in [0.25, 0.3) is 0 Å². The van der Waals surface area contributed by atoms with Crippen LogP contribution in [0.4, 0.5) is 0 Å². The standard InChI is InChI=1S/C23H26N6O2/c30-21(29-10-6-18(7-11-29)12-17-4-2-1-3-5-17)16-28-14-19(15-28)23-26-22(27-31-23)20-13-24-8-9-25-20/h1-5,8-9,13,18-19H,6-7,10-12,14-16H2. The average Bonchev–Trinajstić information content (AvgIpc) is 3.27. The molecule has 2 saturated heterocycles. The molecule has 160 valence electrons. The first kappa shape index (κ1) is 19.8. The van der Waals surface area contributed by atoms with Crippen LogP contribution in [0.15, 0.2) is 53.4 Å². The van der Waals surface area contributed by atoms with Crippen LogP contribution in [0.1, 0.15) is 30.2 Å². The Hall–Kier alpha value is -3.13. The van der Waals surface area contributed by atoms with Gasteiger partial charge in [-0.1, -0.05) is 35.5 Å². The van der Waals surface area contributed by atoms with Crippen molar-refractivity contribution >= 4 is 5.91 Å². The summed E-state index contributed by atoms with van der Waals surface area (Å²) >= 11 is 0. The molecule has 0 atom stereocenters. The molecule has 8 heteroatoms. The Morgan fingerprint density at radius 3 is 2.65 bits per heavy atom. The van der Waals surface area contributed by atoms with Crippen molar-refractivity contribution in [2.45, 2.75) is 25.2 Å². The summed E-state index contributed by atoms with van der Waals surface area (Å²) in [5, 5.41) is 4.00. The summed E-state index contributed by atoms with van der Waals surface area (Å²) in [7, 11) is 0. The van der Waals surface area contributed by atoms with Gasteiger partial charge in [0.15, 0.2) is 0 Å². The number of likely N-dealkylation sites (tertiary alicyclic amines) is 2. The van der Waals surface area contributed by atoms with Crippen LogP contribution >= 0.6 is 0 Å². The predicted octanol–water partition coefficient (Wildman–Crippen LogP) is 2.41. The SMILES string of the molecule is O=C(CN1CC(c2nc(-c3cnccn3)no2)C1)N1CCC(Cc2ccccc2)CC1. The van der Waals surface area contributed by atoms with Gasteiger partial charge in [0.1, 0.15) is 5.69 Å². The first-order valence-electron chi connectivity index (χ1n) is 10.9. The molecule has 3 aromatic rings. The number of hydrogen-bond acceptors (Lipinski definition) is 7. The predicted molar refractivity (Wildman–Crippen MR) is 114 cm³/mol. The second-order valence-corrected chi connectivity index (χ2v) is 8.45. The number of carbonyl (C=O) groups excluding carboxylic acids is 1. The van der Waals surface area contributed by atoms with Crippen molar-refractivity contribution in [1.82, 2.24) is 29.9 Å². The fourth-order valence-electron chi connectivity index (χ4n) is 4.40. The fourth-order valence-corrected chi connectivity index (χ4v) is 4.40. The van der Waals surface area contributed by atoms with E-state index in [1.807, 2.05) is 4.90 Å². The molecule has 2 fully saturated rings. The zero-order valence-electron chi connectivity index (χ0n) is 17.4. The molecule has 4 heterocycles. The third kappa shape index (κ3) is 4.64. The summed E-state index contributed by atoms with van der Waals surface area (Å²) in [5.41, 5.74) is 1.99. The Morgan fingerprint density at radius 1 is 1.10 bits per heavy atom. The highest BCUT2D eigenvalue weighted by atomic mass is 16.5. The molecule has 0 N–H and O–H groups in total. The lowest BCUT2D eigenvalue weighted by molar-refractivity contribution is -0.135. The summed E-state index contributed by atoms with van der Waals surface area (Å²) in [6.07, 6.45) is 8.09. The Morgan fingerprint density at radius 2 is 1.90 bits per heavy atom. The molecule has 0 saturated carbocycles. The number of amides is 1. The minimum Gasteiger partial charge on any atom is -0.342 e. The summed E-state index contributed by atoms with van der Waals surface area (Å²) in [4.78, 5) is 29.6. The number of nitrogens with zero attached hydrogens (tertiary/aromatic N) is 6. The van der Waals surface area contributed by atoms with E-state index in [0.29, 0.717) is 29.9 Å². The average molecular weight is 419 g/mol. The van der Waals surface area contributed by atoms with Crippen molar-refractivity contribution in [1.29, 1.82) is 0 Å². The molecule has 2 aliphatic rings. The third-order valence-corrected chi connectivity index (χ3v) is 6.23. The smallest absolute Gasteiger partial charge is 0.236 e. The van der Waals surface area contributed by atoms with Crippen LogP contribution in [-0.4, -0.2) is 68.5 Å². The van der Waals surface area contributed by atoms with E-state index in [0.717, 1.165) is 45.4 Å². The topological polar surface area (TPSA) is 88.2 Å². The number of aromatic nitrogens is 4. The first-order chi connectivity index (χ1) is 15.2. The van der Waals surface area contributed by atoms with Crippen molar-refractivity contribution < 1.29 is 9.32 Å². The van der Waals surface area contributed by atoms with Crippen molar-refractivity contribution in [2.75, 3.05) is 32.7 Å².